The molecule has 2 aromatic carbocycles. The summed E-state index contributed by atoms with van der Waals surface area (Å²) in [6.45, 7) is -0.179. The first kappa shape index (κ1) is 21.5. The second kappa shape index (κ2) is 8.44. The van der Waals surface area contributed by atoms with Crippen LogP contribution in [0.1, 0.15) is 10.4 Å². The predicted octanol–water partition coefficient (Wildman–Crippen LogP) is 2.45. The molecule has 0 radical (unpaired) electrons. The SMILES string of the molecule is CN(C)C(=O)COc1ccc(NS(=O)(=O)c2cc(C(=O)O)c(F)cc2Cl)cc1. The molecule has 11 heteroatoms. The number of hydrogen-bond donors (Lipinski definition) is 2. The van der Waals surface area contributed by atoms with Crippen molar-refractivity contribution in [2.75, 3.05) is 25.4 Å². The largest absolute Gasteiger partial charge is 0.484 e. The number of carbonyl (C=O) groups excluding carboxylic acids is 1. The van der Waals surface area contributed by atoms with Crippen LogP contribution in [-0.4, -0.2) is 51.0 Å². The molecule has 0 saturated carbocycles. The number of rotatable bonds is 7. The molecule has 0 fully saturated rings. The lowest BCUT2D eigenvalue weighted by molar-refractivity contribution is -0.130. The third kappa shape index (κ3) is 5.11. The average molecular weight is 431 g/mol. The minimum absolute atomic E-state index is 0.128. The fourth-order valence-corrected chi connectivity index (χ4v) is 3.60. The Morgan fingerprint density at radius 3 is 2.36 bits per heavy atom. The Hall–Kier alpha value is -2.85. The molecule has 1 amide bonds. The number of amides is 1. The van der Waals surface area contributed by atoms with E-state index in [1.807, 2.05) is 0 Å². The Labute approximate surface area is 165 Å². The van der Waals surface area contributed by atoms with E-state index < -0.39 is 37.3 Å². The van der Waals surface area contributed by atoms with Gasteiger partial charge in [0.15, 0.2) is 6.61 Å². The maximum atomic E-state index is 13.6. The molecule has 0 unspecified atom stereocenters. The van der Waals surface area contributed by atoms with Crippen LogP contribution in [0, 0.1) is 5.82 Å². The van der Waals surface area contributed by atoms with Gasteiger partial charge in [-0.05, 0) is 36.4 Å². The molecule has 28 heavy (non-hydrogen) atoms. The zero-order valence-corrected chi connectivity index (χ0v) is 16.3. The summed E-state index contributed by atoms with van der Waals surface area (Å²) in [6, 6.07) is 6.90. The van der Waals surface area contributed by atoms with E-state index in [0.29, 0.717) is 17.9 Å². The predicted molar refractivity (Wildman–Crippen MR) is 99.8 cm³/mol. The summed E-state index contributed by atoms with van der Waals surface area (Å²) in [5.74, 6) is -2.68. The second-order valence-electron chi connectivity index (χ2n) is 5.77. The number of anilines is 1. The number of sulfonamides is 1. The van der Waals surface area contributed by atoms with Crippen molar-refractivity contribution in [3.8, 4) is 5.75 Å². The number of likely N-dealkylation sites (N-methyl/N-ethyl adjacent to an activating group) is 1. The van der Waals surface area contributed by atoms with Gasteiger partial charge in [0.2, 0.25) is 0 Å². The number of ether oxygens (including phenoxy) is 1. The van der Waals surface area contributed by atoms with E-state index in [4.69, 9.17) is 21.4 Å². The van der Waals surface area contributed by atoms with Crippen LogP contribution in [0.2, 0.25) is 5.02 Å². The molecule has 8 nitrogen and oxygen atoms in total. The fraction of sp³-hybridized carbons (Fsp3) is 0.176. The third-order valence-electron chi connectivity index (χ3n) is 3.51. The number of carboxylic acids is 1. The Morgan fingerprint density at radius 1 is 1.21 bits per heavy atom. The highest BCUT2D eigenvalue weighted by Gasteiger charge is 2.23. The molecule has 150 valence electrons. The lowest BCUT2D eigenvalue weighted by Gasteiger charge is -2.13. The number of benzene rings is 2. The van der Waals surface area contributed by atoms with Gasteiger partial charge in [-0.1, -0.05) is 11.6 Å². The van der Waals surface area contributed by atoms with Gasteiger partial charge in [-0.15, -0.1) is 0 Å². The van der Waals surface area contributed by atoms with Crippen molar-refractivity contribution in [3.05, 3.63) is 52.8 Å². The first-order valence-electron chi connectivity index (χ1n) is 7.69. The number of nitrogens with zero attached hydrogens (tertiary/aromatic N) is 1. The fourth-order valence-electron chi connectivity index (χ4n) is 2.00. The summed E-state index contributed by atoms with van der Waals surface area (Å²) in [5, 5.41) is 8.49. The smallest absolute Gasteiger partial charge is 0.338 e. The Morgan fingerprint density at radius 2 is 1.82 bits per heavy atom. The van der Waals surface area contributed by atoms with Gasteiger partial charge in [-0.2, -0.15) is 0 Å². The van der Waals surface area contributed by atoms with E-state index in [-0.39, 0.29) is 18.2 Å². The molecule has 0 aliphatic heterocycles. The van der Waals surface area contributed by atoms with Crippen LogP contribution in [0.15, 0.2) is 41.3 Å². The molecule has 0 atom stereocenters. The topological polar surface area (TPSA) is 113 Å². The lowest BCUT2D eigenvalue weighted by atomic mass is 10.2. The highest BCUT2D eigenvalue weighted by Crippen LogP contribution is 2.27. The maximum Gasteiger partial charge on any atom is 0.338 e. The monoisotopic (exact) mass is 430 g/mol. The van der Waals surface area contributed by atoms with Gasteiger partial charge in [0.1, 0.15) is 16.5 Å². The average Bonchev–Trinajstić information content (AvgIpc) is 2.59. The molecule has 0 aliphatic rings. The van der Waals surface area contributed by atoms with Gasteiger partial charge in [-0.25, -0.2) is 17.6 Å². The minimum Gasteiger partial charge on any atom is -0.484 e. The van der Waals surface area contributed by atoms with Crippen LogP contribution in [0.25, 0.3) is 0 Å². The standard InChI is InChI=1S/C17H16ClFN2O6S/c1-21(2)16(22)9-27-11-5-3-10(4-6-11)20-28(25,26)15-7-12(17(23)24)14(19)8-13(15)18/h3-8,20H,9H2,1-2H3,(H,23,24). The second-order valence-corrected chi connectivity index (χ2v) is 7.83. The van der Waals surface area contributed by atoms with Crippen molar-refractivity contribution in [2.24, 2.45) is 0 Å². The van der Waals surface area contributed by atoms with Gasteiger partial charge in [0.05, 0.1) is 10.6 Å². The third-order valence-corrected chi connectivity index (χ3v) is 5.36. The van der Waals surface area contributed by atoms with Crippen LogP contribution >= 0.6 is 11.6 Å². The Kier molecular flexibility index (Phi) is 6.47. The summed E-state index contributed by atoms with van der Waals surface area (Å²) >= 11 is 5.77. The summed E-state index contributed by atoms with van der Waals surface area (Å²) in [5.41, 5.74) is -0.692. The zero-order chi connectivity index (χ0) is 21.1. The molecule has 0 saturated heterocycles. The maximum absolute atomic E-state index is 13.6. The molecular weight excluding hydrogens is 415 g/mol. The highest BCUT2D eigenvalue weighted by atomic mass is 35.5. The van der Waals surface area contributed by atoms with Crippen LogP contribution in [0.3, 0.4) is 0 Å². The number of carbonyl (C=O) groups is 2. The van der Waals surface area contributed by atoms with E-state index in [1.165, 1.54) is 29.2 Å². The van der Waals surface area contributed by atoms with Crippen molar-refractivity contribution in [1.82, 2.24) is 4.90 Å². The van der Waals surface area contributed by atoms with Crippen LogP contribution < -0.4 is 9.46 Å². The zero-order valence-electron chi connectivity index (χ0n) is 14.8. The lowest BCUT2D eigenvalue weighted by Crippen LogP contribution is -2.27. The van der Waals surface area contributed by atoms with Crippen molar-refractivity contribution in [1.29, 1.82) is 0 Å². The van der Waals surface area contributed by atoms with Gasteiger partial charge in [0.25, 0.3) is 15.9 Å². The number of nitrogens with one attached hydrogen (secondary N) is 1. The number of aromatic carboxylic acids is 1. The molecule has 0 aromatic heterocycles. The highest BCUT2D eigenvalue weighted by molar-refractivity contribution is 7.92. The molecule has 0 heterocycles. The van der Waals surface area contributed by atoms with Crippen molar-refractivity contribution >= 4 is 39.2 Å². The summed E-state index contributed by atoms with van der Waals surface area (Å²) < 4.78 is 46.1. The van der Waals surface area contributed by atoms with E-state index in [0.717, 1.165) is 0 Å². The quantitative estimate of drug-likeness (QED) is 0.697. The normalized spacial score (nSPS) is 11.0. The van der Waals surface area contributed by atoms with Crippen molar-refractivity contribution in [2.45, 2.75) is 4.90 Å². The van der Waals surface area contributed by atoms with E-state index in [1.54, 1.807) is 14.1 Å². The Bertz CT molecular complexity index is 1010. The van der Waals surface area contributed by atoms with Gasteiger partial charge < -0.3 is 14.7 Å². The minimum atomic E-state index is -4.28. The molecule has 2 N–H and O–H groups in total. The number of carboxylic acid groups (broad SMARTS) is 1. The van der Waals surface area contributed by atoms with E-state index >= 15 is 0 Å². The summed E-state index contributed by atoms with van der Waals surface area (Å²) in [4.78, 5) is 23.3. The van der Waals surface area contributed by atoms with Crippen molar-refractivity contribution in [3.63, 3.8) is 0 Å². The molecule has 0 bridgehead atoms. The number of hydrogen-bond acceptors (Lipinski definition) is 5. The summed E-state index contributed by atoms with van der Waals surface area (Å²) in [7, 11) is -1.11. The molecule has 2 aromatic rings. The van der Waals surface area contributed by atoms with Crippen LogP contribution in [-0.2, 0) is 14.8 Å². The van der Waals surface area contributed by atoms with Gasteiger partial charge in [0, 0.05) is 19.8 Å². The van der Waals surface area contributed by atoms with E-state index in [9.17, 15) is 22.4 Å². The van der Waals surface area contributed by atoms with Crippen LogP contribution in [0.4, 0.5) is 10.1 Å². The first-order chi connectivity index (χ1) is 13.0. The van der Waals surface area contributed by atoms with E-state index in [2.05, 4.69) is 4.72 Å². The summed E-state index contributed by atoms with van der Waals surface area (Å²) in [6.07, 6.45) is 0. The van der Waals surface area contributed by atoms with Gasteiger partial charge >= 0.3 is 5.97 Å². The molecule has 2 rings (SSSR count). The van der Waals surface area contributed by atoms with Crippen LogP contribution in [0.5, 0.6) is 5.75 Å². The number of halogens is 2. The molecule has 0 spiro atoms. The first-order valence-corrected chi connectivity index (χ1v) is 9.55. The Balaban J connectivity index is 2.20. The molecule has 0 aliphatic carbocycles. The van der Waals surface area contributed by atoms with Gasteiger partial charge in [-0.3, -0.25) is 9.52 Å². The van der Waals surface area contributed by atoms with Crippen molar-refractivity contribution < 1.29 is 32.2 Å². The molecular formula is C17H16ClFN2O6S.